The van der Waals surface area contributed by atoms with Crippen molar-refractivity contribution in [3.05, 3.63) is 46.4 Å². The van der Waals surface area contributed by atoms with Crippen molar-refractivity contribution in [1.29, 1.82) is 0 Å². The van der Waals surface area contributed by atoms with Crippen LogP contribution >= 0.6 is 11.3 Å². The first kappa shape index (κ1) is 11.5. The highest BCUT2D eigenvalue weighted by Crippen LogP contribution is 2.36. The van der Waals surface area contributed by atoms with E-state index in [4.69, 9.17) is 5.73 Å². The van der Waals surface area contributed by atoms with Gasteiger partial charge in [-0.25, -0.2) is 4.39 Å². The van der Waals surface area contributed by atoms with Gasteiger partial charge in [-0.1, -0.05) is 6.07 Å². The van der Waals surface area contributed by atoms with Crippen LogP contribution in [0.15, 0.2) is 35.7 Å². The number of nitrogens with zero attached hydrogens (tertiary/aromatic N) is 1. The molecule has 4 heteroatoms. The molecule has 0 aliphatic heterocycles. The van der Waals surface area contributed by atoms with Crippen molar-refractivity contribution in [2.45, 2.75) is 25.4 Å². The molecule has 2 nitrogen and oxygen atoms in total. The van der Waals surface area contributed by atoms with Crippen molar-refractivity contribution < 1.29 is 4.39 Å². The number of hydrogen-bond donors (Lipinski definition) is 1. The van der Waals surface area contributed by atoms with E-state index >= 15 is 0 Å². The Morgan fingerprint density at radius 2 is 2.17 bits per heavy atom. The van der Waals surface area contributed by atoms with Gasteiger partial charge in [-0.2, -0.15) is 0 Å². The van der Waals surface area contributed by atoms with Gasteiger partial charge in [-0.3, -0.25) is 0 Å². The van der Waals surface area contributed by atoms with E-state index in [0.717, 1.165) is 12.2 Å². The van der Waals surface area contributed by atoms with Gasteiger partial charge in [0.05, 0.1) is 17.9 Å². The summed E-state index contributed by atoms with van der Waals surface area (Å²) in [5.74, 6) is -0.275. The van der Waals surface area contributed by atoms with E-state index in [-0.39, 0.29) is 5.82 Å². The summed E-state index contributed by atoms with van der Waals surface area (Å²) < 4.78 is 13.1. The monoisotopic (exact) mass is 262 g/mol. The van der Waals surface area contributed by atoms with Gasteiger partial charge in [-0.15, -0.1) is 11.3 Å². The molecule has 0 bridgehead atoms. The van der Waals surface area contributed by atoms with Crippen LogP contribution in [0.1, 0.15) is 17.7 Å². The molecule has 2 aromatic rings. The molecule has 0 atom stereocenters. The maximum atomic E-state index is 13.1. The number of halogens is 1. The molecular weight excluding hydrogens is 247 g/mol. The molecular formula is C14H15FN2S. The molecule has 1 saturated carbocycles. The van der Waals surface area contributed by atoms with E-state index in [1.165, 1.54) is 29.9 Å². The van der Waals surface area contributed by atoms with Crippen molar-refractivity contribution in [3.63, 3.8) is 0 Å². The number of thiophene rings is 1. The Kier molecular flexibility index (Phi) is 2.96. The second kappa shape index (κ2) is 4.61. The number of nitrogens with two attached hydrogens (primary N) is 1. The first-order valence-electron chi connectivity index (χ1n) is 6.08. The van der Waals surface area contributed by atoms with Gasteiger partial charge in [0.25, 0.3) is 0 Å². The molecule has 94 valence electrons. The van der Waals surface area contributed by atoms with Crippen molar-refractivity contribution in [2.75, 3.05) is 10.6 Å². The van der Waals surface area contributed by atoms with E-state index in [2.05, 4.69) is 22.4 Å². The number of anilines is 2. The van der Waals surface area contributed by atoms with E-state index in [1.54, 1.807) is 17.4 Å². The van der Waals surface area contributed by atoms with E-state index in [1.807, 2.05) is 0 Å². The van der Waals surface area contributed by atoms with Gasteiger partial charge in [0.1, 0.15) is 5.82 Å². The van der Waals surface area contributed by atoms with Crippen LogP contribution < -0.4 is 10.6 Å². The highest BCUT2D eigenvalue weighted by Gasteiger charge is 2.30. The van der Waals surface area contributed by atoms with Gasteiger partial charge in [0.15, 0.2) is 0 Å². The average Bonchev–Trinajstić information content (AvgIpc) is 3.05. The molecule has 0 spiro atoms. The molecule has 1 aliphatic rings. The van der Waals surface area contributed by atoms with Crippen LogP contribution in [-0.2, 0) is 6.54 Å². The third-order valence-electron chi connectivity index (χ3n) is 3.19. The maximum absolute atomic E-state index is 13.1. The molecule has 0 radical (unpaired) electrons. The van der Waals surface area contributed by atoms with Crippen LogP contribution in [0.3, 0.4) is 0 Å². The lowest BCUT2D eigenvalue weighted by Gasteiger charge is -2.25. The van der Waals surface area contributed by atoms with Crippen LogP contribution in [0.4, 0.5) is 15.8 Å². The Labute approximate surface area is 110 Å². The van der Waals surface area contributed by atoms with Gasteiger partial charge in [-0.05, 0) is 42.5 Å². The van der Waals surface area contributed by atoms with Gasteiger partial charge in [0, 0.05) is 10.9 Å². The van der Waals surface area contributed by atoms with Gasteiger partial charge in [0.2, 0.25) is 0 Å². The van der Waals surface area contributed by atoms with E-state index < -0.39 is 0 Å². The predicted octanol–water partition coefficient (Wildman–Crippen LogP) is 3.64. The van der Waals surface area contributed by atoms with Crippen molar-refractivity contribution >= 4 is 22.7 Å². The first-order chi connectivity index (χ1) is 8.74. The normalized spacial score (nSPS) is 14.7. The topological polar surface area (TPSA) is 29.3 Å². The Hall–Kier alpha value is -1.55. The molecule has 1 fully saturated rings. The predicted molar refractivity (Wildman–Crippen MR) is 74.3 cm³/mol. The zero-order chi connectivity index (χ0) is 12.5. The maximum Gasteiger partial charge on any atom is 0.125 e. The van der Waals surface area contributed by atoms with Crippen LogP contribution in [-0.4, -0.2) is 6.04 Å². The fraction of sp³-hybridized carbons (Fsp3) is 0.286. The lowest BCUT2D eigenvalue weighted by atomic mass is 10.2. The summed E-state index contributed by atoms with van der Waals surface area (Å²) in [4.78, 5) is 3.60. The smallest absolute Gasteiger partial charge is 0.125 e. The minimum absolute atomic E-state index is 0.275. The highest BCUT2D eigenvalue weighted by molar-refractivity contribution is 7.09. The number of benzene rings is 1. The minimum Gasteiger partial charge on any atom is -0.397 e. The minimum atomic E-state index is -0.275. The van der Waals surface area contributed by atoms with Crippen LogP contribution in [0, 0.1) is 5.82 Å². The van der Waals surface area contributed by atoms with Crippen molar-refractivity contribution in [2.24, 2.45) is 0 Å². The average molecular weight is 262 g/mol. The molecule has 1 aromatic carbocycles. The third kappa shape index (κ3) is 2.34. The molecule has 0 saturated heterocycles. The number of nitrogen functional groups attached to an aromatic ring is 1. The Morgan fingerprint density at radius 1 is 1.33 bits per heavy atom. The number of hydrogen-bond acceptors (Lipinski definition) is 3. The Morgan fingerprint density at radius 3 is 2.78 bits per heavy atom. The summed E-state index contributed by atoms with van der Waals surface area (Å²) in [7, 11) is 0. The molecule has 0 unspecified atom stereocenters. The summed E-state index contributed by atoms with van der Waals surface area (Å²) in [6, 6.07) is 9.41. The molecule has 3 rings (SSSR count). The zero-order valence-corrected chi connectivity index (χ0v) is 10.8. The van der Waals surface area contributed by atoms with Gasteiger partial charge >= 0.3 is 0 Å². The molecule has 1 aromatic heterocycles. The van der Waals surface area contributed by atoms with Crippen LogP contribution in [0.5, 0.6) is 0 Å². The lowest BCUT2D eigenvalue weighted by Crippen LogP contribution is -2.25. The summed E-state index contributed by atoms with van der Waals surface area (Å²) >= 11 is 1.74. The Bertz CT molecular complexity index is 535. The SMILES string of the molecule is Nc1cc(F)ccc1N(Cc1cccs1)C1CC1. The second-order valence-electron chi connectivity index (χ2n) is 4.64. The van der Waals surface area contributed by atoms with E-state index in [0.29, 0.717) is 11.7 Å². The number of rotatable bonds is 4. The quantitative estimate of drug-likeness (QED) is 0.852. The van der Waals surface area contributed by atoms with Crippen molar-refractivity contribution in [1.82, 2.24) is 0 Å². The van der Waals surface area contributed by atoms with Crippen LogP contribution in [0.25, 0.3) is 0 Å². The standard InChI is InChI=1S/C14H15FN2S/c15-10-3-6-14(13(16)8-10)17(11-4-5-11)9-12-2-1-7-18-12/h1-3,6-8,11H,4-5,9,16H2. The summed E-state index contributed by atoms with van der Waals surface area (Å²) in [6.45, 7) is 0.859. The molecule has 1 heterocycles. The third-order valence-corrected chi connectivity index (χ3v) is 4.05. The zero-order valence-electron chi connectivity index (χ0n) is 9.97. The van der Waals surface area contributed by atoms with Crippen LogP contribution in [0.2, 0.25) is 0 Å². The summed E-state index contributed by atoms with van der Waals surface area (Å²) in [5, 5.41) is 2.08. The highest BCUT2D eigenvalue weighted by atomic mass is 32.1. The van der Waals surface area contributed by atoms with E-state index in [9.17, 15) is 4.39 Å². The van der Waals surface area contributed by atoms with Crippen molar-refractivity contribution in [3.8, 4) is 0 Å². The summed E-state index contributed by atoms with van der Waals surface area (Å²) in [6.07, 6.45) is 2.39. The fourth-order valence-corrected chi connectivity index (χ4v) is 2.86. The molecule has 18 heavy (non-hydrogen) atoms. The second-order valence-corrected chi connectivity index (χ2v) is 5.67. The largest absolute Gasteiger partial charge is 0.397 e. The Balaban J connectivity index is 1.89. The summed E-state index contributed by atoms with van der Waals surface area (Å²) in [5.41, 5.74) is 7.42. The molecule has 1 aliphatic carbocycles. The van der Waals surface area contributed by atoms with Gasteiger partial charge < -0.3 is 10.6 Å². The fourth-order valence-electron chi connectivity index (χ4n) is 2.15. The lowest BCUT2D eigenvalue weighted by molar-refractivity contribution is 0.628. The molecule has 2 N–H and O–H groups in total. The molecule has 0 amide bonds. The first-order valence-corrected chi connectivity index (χ1v) is 6.96.